The van der Waals surface area contributed by atoms with E-state index in [1.807, 2.05) is 23.9 Å². The number of nitrogens with zero attached hydrogens (tertiary/aromatic N) is 2. The maximum atomic E-state index is 14.0. The fraction of sp³-hybridized carbons (Fsp3) is 0.429. The van der Waals surface area contributed by atoms with Crippen LogP contribution in [-0.4, -0.2) is 48.5 Å². The number of hydrogen-bond donors (Lipinski definition) is 0. The Bertz CT molecular complexity index is 967. The molecule has 4 nitrogen and oxygen atoms in total. The third-order valence-electron chi connectivity index (χ3n) is 4.63. The second kappa shape index (κ2) is 8.71. The highest BCUT2D eigenvalue weighted by Crippen LogP contribution is 2.34. The molecule has 1 fully saturated rings. The molecule has 8 heteroatoms. The fourth-order valence-corrected chi connectivity index (χ4v) is 5.79. The molecule has 2 aromatic rings. The molecular weight excluding hydrogens is 414 g/mol. The molecule has 158 valence electrons. The molecule has 1 saturated heterocycles. The van der Waals surface area contributed by atoms with Crippen molar-refractivity contribution < 1.29 is 17.2 Å². The van der Waals surface area contributed by atoms with E-state index in [1.165, 1.54) is 14.8 Å². The number of rotatable bonds is 5. The first-order chi connectivity index (χ1) is 13.6. The lowest BCUT2D eigenvalue weighted by atomic mass is 10.2. The zero-order chi connectivity index (χ0) is 21.2. The molecule has 29 heavy (non-hydrogen) atoms. The van der Waals surface area contributed by atoms with E-state index >= 15 is 0 Å². The zero-order valence-corrected chi connectivity index (χ0v) is 18.5. The molecule has 1 aliphatic heterocycles. The lowest BCUT2D eigenvalue weighted by Gasteiger charge is -2.34. The number of halogens is 2. The van der Waals surface area contributed by atoms with Gasteiger partial charge >= 0.3 is 0 Å². The van der Waals surface area contributed by atoms with Gasteiger partial charge in [0, 0.05) is 48.4 Å². The first kappa shape index (κ1) is 22.2. The third-order valence-corrected chi connectivity index (χ3v) is 7.79. The first-order valence-electron chi connectivity index (χ1n) is 9.51. The van der Waals surface area contributed by atoms with Crippen LogP contribution in [0.5, 0.6) is 0 Å². The Labute approximate surface area is 176 Å². The normalized spacial score (nSPS) is 16.9. The van der Waals surface area contributed by atoms with Gasteiger partial charge in [-0.25, -0.2) is 17.2 Å². The molecule has 0 unspecified atom stereocenters. The van der Waals surface area contributed by atoms with Crippen molar-refractivity contribution in [3.63, 3.8) is 0 Å². The van der Waals surface area contributed by atoms with Crippen molar-refractivity contribution in [2.24, 2.45) is 0 Å². The fourth-order valence-electron chi connectivity index (χ4n) is 3.26. The Kier molecular flexibility index (Phi) is 6.67. The van der Waals surface area contributed by atoms with Crippen molar-refractivity contribution in [1.82, 2.24) is 9.21 Å². The van der Waals surface area contributed by atoms with Crippen LogP contribution in [0.1, 0.15) is 26.3 Å². The van der Waals surface area contributed by atoms with Gasteiger partial charge in [-0.2, -0.15) is 4.31 Å². The monoisotopic (exact) mass is 440 g/mol. The molecule has 0 spiro atoms. The summed E-state index contributed by atoms with van der Waals surface area (Å²) in [4.78, 5) is 2.96. The lowest BCUT2D eigenvalue weighted by molar-refractivity contribution is 0.180. The smallest absolute Gasteiger partial charge is 0.246 e. The molecule has 0 radical (unpaired) electrons. The van der Waals surface area contributed by atoms with Gasteiger partial charge in [-0.05, 0) is 23.8 Å². The minimum Gasteiger partial charge on any atom is -0.296 e. The molecule has 0 amide bonds. The van der Waals surface area contributed by atoms with Crippen molar-refractivity contribution in [3.05, 3.63) is 59.7 Å². The number of sulfonamides is 1. The summed E-state index contributed by atoms with van der Waals surface area (Å²) >= 11 is 1.82. The summed E-state index contributed by atoms with van der Waals surface area (Å²) in [5.74, 6) is -1.85. The summed E-state index contributed by atoms with van der Waals surface area (Å²) in [6.07, 6.45) is 0. The first-order valence-corrected chi connectivity index (χ1v) is 11.8. The van der Waals surface area contributed by atoms with Gasteiger partial charge in [-0.1, -0.05) is 39.0 Å². The van der Waals surface area contributed by atoms with E-state index in [0.29, 0.717) is 19.2 Å². The minimum atomic E-state index is -3.98. The second-order valence-electron chi connectivity index (χ2n) is 8.08. The molecule has 1 aliphatic rings. The van der Waals surface area contributed by atoms with Crippen molar-refractivity contribution in [1.29, 1.82) is 0 Å². The van der Waals surface area contributed by atoms with Gasteiger partial charge in [0.2, 0.25) is 10.0 Å². The SMILES string of the molecule is CC(C)(C)Sc1ccccc1CN1CCN(S(=O)(=O)c2ccc(F)cc2F)CC1. The molecule has 2 aromatic carbocycles. The molecular formula is C21H26F2N2O2S2. The summed E-state index contributed by atoms with van der Waals surface area (Å²) in [6, 6.07) is 10.8. The Morgan fingerprint density at radius 2 is 1.66 bits per heavy atom. The summed E-state index contributed by atoms with van der Waals surface area (Å²) in [6.45, 7) is 8.90. The Hall–Kier alpha value is -1.48. The summed E-state index contributed by atoms with van der Waals surface area (Å²) in [5.41, 5.74) is 1.22. The largest absolute Gasteiger partial charge is 0.296 e. The molecule has 0 saturated carbocycles. The van der Waals surface area contributed by atoms with Crippen molar-refractivity contribution in [2.75, 3.05) is 26.2 Å². The summed E-state index contributed by atoms with van der Waals surface area (Å²) < 4.78 is 53.9. The molecule has 0 N–H and O–H groups in total. The Balaban J connectivity index is 1.67. The van der Waals surface area contributed by atoms with E-state index in [0.717, 1.165) is 18.7 Å². The minimum absolute atomic E-state index is 0.0993. The predicted octanol–water partition coefficient (Wildman–Crippen LogP) is 4.36. The van der Waals surface area contributed by atoms with E-state index in [1.54, 1.807) is 0 Å². The molecule has 0 atom stereocenters. The van der Waals surface area contributed by atoms with Crippen LogP contribution in [0.15, 0.2) is 52.3 Å². The van der Waals surface area contributed by atoms with Gasteiger partial charge in [0.05, 0.1) is 0 Å². The van der Waals surface area contributed by atoms with Crippen molar-refractivity contribution in [3.8, 4) is 0 Å². The highest BCUT2D eigenvalue weighted by Gasteiger charge is 2.31. The van der Waals surface area contributed by atoms with Crippen LogP contribution >= 0.6 is 11.8 Å². The number of benzene rings is 2. The molecule has 0 aliphatic carbocycles. The number of piperazine rings is 1. The van der Waals surface area contributed by atoms with Gasteiger partial charge in [0.1, 0.15) is 16.5 Å². The Morgan fingerprint density at radius 1 is 1.00 bits per heavy atom. The zero-order valence-electron chi connectivity index (χ0n) is 16.9. The van der Waals surface area contributed by atoms with Crippen molar-refractivity contribution >= 4 is 21.8 Å². The highest BCUT2D eigenvalue weighted by atomic mass is 32.2. The van der Waals surface area contributed by atoms with Gasteiger partial charge in [-0.15, -0.1) is 11.8 Å². The maximum absolute atomic E-state index is 14.0. The quantitative estimate of drug-likeness (QED) is 0.648. The van der Waals surface area contributed by atoms with E-state index in [9.17, 15) is 17.2 Å². The van der Waals surface area contributed by atoms with E-state index < -0.39 is 26.6 Å². The average Bonchev–Trinajstić information content (AvgIpc) is 2.62. The summed E-state index contributed by atoms with van der Waals surface area (Å²) in [5, 5.41) is 0. The van der Waals surface area contributed by atoms with Crippen LogP contribution in [0.4, 0.5) is 8.78 Å². The molecule has 1 heterocycles. The van der Waals surface area contributed by atoms with Crippen LogP contribution in [-0.2, 0) is 16.6 Å². The van der Waals surface area contributed by atoms with Crippen LogP contribution in [0.25, 0.3) is 0 Å². The van der Waals surface area contributed by atoms with Crippen LogP contribution < -0.4 is 0 Å². The number of thioether (sulfide) groups is 1. The van der Waals surface area contributed by atoms with Gasteiger partial charge in [0.15, 0.2) is 0 Å². The van der Waals surface area contributed by atoms with Gasteiger partial charge in [-0.3, -0.25) is 4.90 Å². The van der Waals surface area contributed by atoms with Crippen LogP contribution in [0.3, 0.4) is 0 Å². The molecule has 0 aromatic heterocycles. The number of hydrogen-bond acceptors (Lipinski definition) is 4. The van der Waals surface area contributed by atoms with Crippen LogP contribution in [0, 0.1) is 11.6 Å². The van der Waals surface area contributed by atoms with Crippen molar-refractivity contribution in [2.45, 2.75) is 41.9 Å². The summed E-state index contributed by atoms with van der Waals surface area (Å²) in [7, 11) is -3.98. The topological polar surface area (TPSA) is 40.6 Å². The maximum Gasteiger partial charge on any atom is 0.246 e. The van der Waals surface area contributed by atoms with Crippen LogP contribution in [0.2, 0.25) is 0 Å². The lowest BCUT2D eigenvalue weighted by Crippen LogP contribution is -2.48. The average molecular weight is 441 g/mol. The Morgan fingerprint density at radius 3 is 2.28 bits per heavy atom. The van der Waals surface area contributed by atoms with E-state index in [-0.39, 0.29) is 17.8 Å². The van der Waals surface area contributed by atoms with E-state index in [2.05, 4.69) is 37.8 Å². The van der Waals surface area contributed by atoms with Gasteiger partial charge < -0.3 is 0 Å². The van der Waals surface area contributed by atoms with E-state index in [4.69, 9.17) is 0 Å². The van der Waals surface area contributed by atoms with Gasteiger partial charge in [0.25, 0.3) is 0 Å². The molecule has 0 bridgehead atoms. The highest BCUT2D eigenvalue weighted by molar-refractivity contribution is 8.00. The standard InChI is InChI=1S/C21H26F2N2O2S2/c1-21(2,3)28-19-7-5-4-6-16(19)15-24-10-12-25(13-11-24)29(26,27)20-9-8-17(22)14-18(20)23/h4-9,14H,10-13,15H2,1-3H3. The second-order valence-corrected chi connectivity index (χ2v) is 11.9. The molecule has 3 rings (SSSR count). The third kappa shape index (κ3) is 5.57. The predicted molar refractivity (Wildman–Crippen MR) is 112 cm³/mol.